The summed E-state index contributed by atoms with van der Waals surface area (Å²) in [4.78, 5) is 15.1. The second-order valence-corrected chi connectivity index (χ2v) is 5.48. The van der Waals surface area contributed by atoms with E-state index in [9.17, 15) is 9.18 Å². The molecule has 1 heterocycles. The van der Waals surface area contributed by atoms with Gasteiger partial charge in [0.2, 0.25) is 5.91 Å². The Kier molecular flexibility index (Phi) is 4.32. The van der Waals surface area contributed by atoms with Crippen LogP contribution in [0.3, 0.4) is 0 Å². The highest BCUT2D eigenvalue weighted by Gasteiger charge is 2.18. The van der Waals surface area contributed by atoms with Gasteiger partial charge >= 0.3 is 0 Å². The van der Waals surface area contributed by atoms with Crippen LogP contribution in [0.15, 0.2) is 41.8 Å². The zero-order chi connectivity index (χ0) is 13.8. The first kappa shape index (κ1) is 13.7. The quantitative estimate of drug-likeness (QED) is 0.835. The van der Waals surface area contributed by atoms with Crippen molar-refractivity contribution in [3.8, 4) is 0 Å². The van der Waals surface area contributed by atoms with Crippen LogP contribution in [0, 0.1) is 5.82 Å². The monoisotopic (exact) mass is 277 g/mol. The number of thiophene rings is 1. The summed E-state index contributed by atoms with van der Waals surface area (Å²) >= 11 is 1.64. The van der Waals surface area contributed by atoms with Crippen molar-refractivity contribution >= 4 is 17.2 Å². The Balaban J connectivity index is 2.01. The van der Waals surface area contributed by atoms with Crippen molar-refractivity contribution in [3.05, 3.63) is 58.0 Å². The Labute approximate surface area is 116 Å². The van der Waals surface area contributed by atoms with Gasteiger partial charge in [-0.3, -0.25) is 4.79 Å². The van der Waals surface area contributed by atoms with E-state index in [2.05, 4.69) is 0 Å². The zero-order valence-electron chi connectivity index (χ0n) is 11.0. The van der Waals surface area contributed by atoms with E-state index in [-0.39, 0.29) is 17.8 Å². The number of nitrogens with zero attached hydrogens (tertiary/aromatic N) is 1. The molecule has 2 rings (SSSR count). The van der Waals surface area contributed by atoms with Crippen molar-refractivity contribution in [2.45, 2.75) is 19.4 Å². The lowest BCUT2D eigenvalue weighted by molar-refractivity contribution is -0.131. The standard InChI is InChI=1S/C15H16FNOS/c1-11(14-4-3-9-19-14)17(2)15(18)10-12-5-7-13(16)8-6-12/h3-9,11H,10H2,1-2H3/t11-/m0/s1. The van der Waals surface area contributed by atoms with E-state index in [1.165, 1.54) is 12.1 Å². The Hall–Kier alpha value is -1.68. The van der Waals surface area contributed by atoms with Crippen LogP contribution in [-0.4, -0.2) is 17.9 Å². The lowest BCUT2D eigenvalue weighted by Crippen LogP contribution is -2.30. The molecule has 4 heteroatoms. The lowest BCUT2D eigenvalue weighted by Gasteiger charge is -2.24. The first-order valence-electron chi connectivity index (χ1n) is 6.11. The predicted molar refractivity (Wildman–Crippen MR) is 75.6 cm³/mol. The molecule has 1 aromatic carbocycles. The number of carbonyl (C=O) groups excluding carboxylic acids is 1. The van der Waals surface area contributed by atoms with Crippen molar-refractivity contribution < 1.29 is 9.18 Å². The highest BCUT2D eigenvalue weighted by atomic mass is 32.1. The van der Waals surface area contributed by atoms with E-state index >= 15 is 0 Å². The van der Waals surface area contributed by atoms with Crippen LogP contribution in [0.5, 0.6) is 0 Å². The second kappa shape index (κ2) is 5.97. The van der Waals surface area contributed by atoms with Crippen molar-refractivity contribution in [1.29, 1.82) is 0 Å². The fourth-order valence-electron chi connectivity index (χ4n) is 1.84. The van der Waals surface area contributed by atoms with Gasteiger partial charge in [-0.2, -0.15) is 0 Å². The average molecular weight is 277 g/mol. The Bertz CT molecular complexity index is 536. The molecule has 0 spiro atoms. The number of hydrogen-bond donors (Lipinski definition) is 0. The molecule has 2 nitrogen and oxygen atoms in total. The van der Waals surface area contributed by atoms with Gasteiger partial charge in [-0.25, -0.2) is 4.39 Å². The minimum Gasteiger partial charge on any atom is -0.338 e. The number of halogens is 1. The molecule has 0 aliphatic carbocycles. The Morgan fingerprint density at radius 1 is 1.32 bits per heavy atom. The molecule has 1 aromatic heterocycles. The molecule has 0 fully saturated rings. The molecule has 0 aliphatic rings. The number of likely N-dealkylation sites (N-methyl/N-ethyl adjacent to an activating group) is 1. The molecule has 0 saturated heterocycles. The van der Waals surface area contributed by atoms with Gasteiger partial charge < -0.3 is 4.90 Å². The van der Waals surface area contributed by atoms with Gasteiger partial charge in [-0.15, -0.1) is 11.3 Å². The van der Waals surface area contributed by atoms with Crippen LogP contribution < -0.4 is 0 Å². The summed E-state index contributed by atoms with van der Waals surface area (Å²) in [6.07, 6.45) is 0.298. The van der Waals surface area contributed by atoms with Gasteiger partial charge in [0.1, 0.15) is 5.82 Å². The molecule has 0 bridgehead atoms. The molecule has 0 radical (unpaired) electrons. The van der Waals surface area contributed by atoms with Crippen LogP contribution in [0.2, 0.25) is 0 Å². The maximum atomic E-state index is 12.8. The predicted octanol–water partition coefficient (Wildman–Crippen LogP) is 3.65. The molecule has 1 amide bonds. The minimum atomic E-state index is -0.281. The number of carbonyl (C=O) groups is 1. The fourth-order valence-corrected chi connectivity index (χ4v) is 2.66. The lowest BCUT2D eigenvalue weighted by atomic mass is 10.1. The van der Waals surface area contributed by atoms with Crippen molar-refractivity contribution in [2.24, 2.45) is 0 Å². The van der Waals surface area contributed by atoms with E-state index in [0.717, 1.165) is 10.4 Å². The first-order chi connectivity index (χ1) is 9.08. The molecule has 2 aromatic rings. The summed E-state index contributed by atoms with van der Waals surface area (Å²) in [6.45, 7) is 2.01. The summed E-state index contributed by atoms with van der Waals surface area (Å²) in [5.41, 5.74) is 0.830. The van der Waals surface area contributed by atoms with E-state index in [1.54, 1.807) is 35.4 Å². The number of rotatable bonds is 4. The fraction of sp³-hybridized carbons (Fsp3) is 0.267. The van der Waals surface area contributed by atoms with Gasteiger partial charge in [0.05, 0.1) is 12.5 Å². The largest absolute Gasteiger partial charge is 0.338 e. The molecule has 100 valence electrons. The van der Waals surface area contributed by atoms with Gasteiger partial charge in [-0.1, -0.05) is 18.2 Å². The molecule has 0 saturated carbocycles. The smallest absolute Gasteiger partial charge is 0.227 e. The first-order valence-corrected chi connectivity index (χ1v) is 6.99. The zero-order valence-corrected chi connectivity index (χ0v) is 11.8. The summed E-state index contributed by atoms with van der Waals surface area (Å²) in [7, 11) is 1.80. The molecule has 19 heavy (non-hydrogen) atoms. The average Bonchev–Trinajstić information content (AvgIpc) is 2.93. The number of amides is 1. The van der Waals surface area contributed by atoms with Crippen LogP contribution in [0.1, 0.15) is 23.4 Å². The molecular formula is C15H16FNOS. The maximum absolute atomic E-state index is 12.8. The highest BCUT2D eigenvalue weighted by molar-refractivity contribution is 7.10. The summed E-state index contributed by atoms with van der Waals surface area (Å²) in [5.74, 6) is -0.246. The van der Waals surface area contributed by atoms with Crippen molar-refractivity contribution in [1.82, 2.24) is 4.90 Å². The van der Waals surface area contributed by atoms with Crippen LogP contribution >= 0.6 is 11.3 Å². The van der Waals surface area contributed by atoms with Crippen molar-refractivity contribution in [3.63, 3.8) is 0 Å². The summed E-state index contributed by atoms with van der Waals surface area (Å²) in [5, 5.41) is 2.00. The number of hydrogen-bond acceptors (Lipinski definition) is 2. The maximum Gasteiger partial charge on any atom is 0.227 e. The third-order valence-electron chi connectivity index (χ3n) is 3.20. The molecule has 1 atom stereocenters. The van der Waals surface area contributed by atoms with Gasteiger partial charge in [0.25, 0.3) is 0 Å². The minimum absolute atomic E-state index is 0.0347. The SMILES string of the molecule is C[C@@H](c1cccs1)N(C)C(=O)Cc1ccc(F)cc1. The Morgan fingerprint density at radius 3 is 2.58 bits per heavy atom. The number of benzene rings is 1. The van der Waals surface area contributed by atoms with E-state index in [0.29, 0.717) is 6.42 Å². The van der Waals surface area contributed by atoms with E-state index in [1.807, 2.05) is 24.4 Å². The van der Waals surface area contributed by atoms with Gasteiger partial charge in [0, 0.05) is 11.9 Å². The molecule has 0 N–H and O–H groups in total. The van der Waals surface area contributed by atoms with Crippen LogP contribution in [0.4, 0.5) is 4.39 Å². The van der Waals surface area contributed by atoms with Crippen LogP contribution in [0.25, 0.3) is 0 Å². The molecule has 0 unspecified atom stereocenters. The summed E-state index contributed by atoms with van der Waals surface area (Å²) < 4.78 is 12.8. The second-order valence-electron chi connectivity index (χ2n) is 4.50. The topological polar surface area (TPSA) is 20.3 Å². The van der Waals surface area contributed by atoms with E-state index in [4.69, 9.17) is 0 Å². The van der Waals surface area contributed by atoms with Gasteiger partial charge in [-0.05, 0) is 36.1 Å². The highest BCUT2D eigenvalue weighted by Crippen LogP contribution is 2.23. The third kappa shape index (κ3) is 3.41. The Morgan fingerprint density at radius 2 is 2.00 bits per heavy atom. The van der Waals surface area contributed by atoms with E-state index < -0.39 is 0 Å². The molecular weight excluding hydrogens is 261 g/mol. The summed E-state index contributed by atoms with van der Waals surface area (Å²) in [6, 6.07) is 10.1. The normalized spacial score (nSPS) is 12.2. The molecule has 0 aliphatic heterocycles. The van der Waals surface area contributed by atoms with Crippen LogP contribution in [-0.2, 0) is 11.2 Å². The third-order valence-corrected chi connectivity index (χ3v) is 4.24. The van der Waals surface area contributed by atoms with Gasteiger partial charge in [0.15, 0.2) is 0 Å². The van der Waals surface area contributed by atoms with Crippen molar-refractivity contribution in [2.75, 3.05) is 7.05 Å².